The van der Waals surface area contributed by atoms with Crippen LogP contribution in [0, 0.1) is 6.92 Å². The topological polar surface area (TPSA) is 53.2 Å². The number of halogens is 1. The molecule has 152 valence electrons. The van der Waals surface area contributed by atoms with Gasteiger partial charge in [0.05, 0.1) is 17.5 Å². The normalized spacial score (nSPS) is 17.2. The van der Waals surface area contributed by atoms with E-state index in [2.05, 4.69) is 4.98 Å². The van der Waals surface area contributed by atoms with Crippen molar-refractivity contribution in [1.82, 2.24) is 9.29 Å². The van der Waals surface area contributed by atoms with Crippen LogP contribution in [0.5, 0.6) is 0 Å². The maximum Gasteiger partial charge on any atom is 0.243 e. The fraction of sp³-hybridized carbons (Fsp3) is 0.167. The third kappa shape index (κ3) is 3.23. The van der Waals surface area contributed by atoms with Gasteiger partial charge < -0.3 is 4.98 Å². The molecule has 5 rings (SSSR count). The quantitative estimate of drug-likeness (QED) is 0.453. The highest BCUT2D eigenvalue weighted by atomic mass is 35.5. The van der Waals surface area contributed by atoms with E-state index in [4.69, 9.17) is 11.6 Å². The van der Waals surface area contributed by atoms with E-state index in [0.29, 0.717) is 16.3 Å². The predicted molar refractivity (Wildman–Crippen MR) is 120 cm³/mol. The fourth-order valence-corrected chi connectivity index (χ4v) is 6.02. The average molecular weight is 437 g/mol. The molecular weight excluding hydrogens is 416 g/mol. The van der Waals surface area contributed by atoms with Crippen LogP contribution >= 0.6 is 11.6 Å². The van der Waals surface area contributed by atoms with Crippen LogP contribution in [0.4, 0.5) is 0 Å². The Hall–Kier alpha value is -2.60. The number of aryl methyl sites for hydroxylation is 1. The van der Waals surface area contributed by atoms with Crippen molar-refractivity contribution < 1.29 is 8.42 Å². The van der Waals surface area contributed by atoms with Gasteiger partial charge in [0, 0.05) is 21.6 Å². The number of aromatic nitrogens is 1. The summed E-state index contributed by atoms with van der Waals surface area (Å²) in [4.78, 5) is 3.73. The molecule has 1 aliphatic heterocycles. The van der Waals surface area contributed by atoms with E-state index in [1.54, 1.807) is 16.4 Å². The highest BCUT2D eigenvalue weighted by molar-refractivity contribution is 7.89. The molecule has 1 unspecified atom stereocenters. The molecule has 0 saturated heterocycles. The second-order valence-electron chi connectivity index (χ2n) is 7.77. The van der Waals surface area contributed by atoms with Gasteiger partial charge in [-0.15, -0.1) is 0 Å². The van der Waals surface area contributed by atoms with Crippen molar-refractivity contribution in [1.29, 1.82) is 0 Å². The highest BCUT2D eigenvalue weighted by Crippen LogP contribution is 2.40. The van der Waals surface area contributed by atoms with Crippen molar-refractivity contribution in [3.8, 4) is 0 Å². The lowest BCUT2D eigenvalue weighted by Gasteiger charge is -2.35. The van der Waals surface area contributed by atoms with Crippen molar-refractivity contribution in [2.75, 3.05) is 0 Å². The Kier molecular flexibility index (Phi) is 4.69. The van der Waals surface area contributed by atoms with Crippen LogP contribution in [0.15, 0.2) is 77.7 Å². The van der Waals surface area contributed by atoms with Gasteiger partial charge in [-0.2, -0.15) is 4.31 Å². The molecule has 6 heteroatoms. The molecule has 1 N–H and O–H groups in total. The minimum Gasteiger partial charge on any atom is -0.357 e. The molecule has 4 nitrogen and oxygen atoms in total. The molecule has 1 atom stereocenters. The van der Waals surface area contributed by atoms with Gasteiger partial charge in [-0.1, -0.05) is 59.6 Å². The lowest BCUT2D eigenvalue weighted by Crippen LogP contribution is -2.38. The van der Waals surface area contributed by atoms with Gasteiger partial charge in [0.1, 0.15) is 0 Å². The molecule has 1 aromatic heterocycles. The number of nitrogens with zero attached hydrogens (tertiary/aromatic N) is 1. The molecular formula is C24H21ClN2O2S. The number of benzene rings is 3. The first kappa shape index (κ1) is 19.4. The van der Waals surface area contributed by atoms with Gasteiger partial charge in [-0.25, -0.2) is 8.42 Å². The first-order valence-corrected chi connectivity index (χ1v) is 11.7. The number of rotatable bonds is 3. The van der Waals surface area contributed by atoms with E-state index in [1.165, 1.54) is 0 Å². The summed E-state index contributed by atoms with van der Waals surface area (Å²) in [7, 11) is -3.68. The van der Waals surface area contributed by atoms with Crippen molar-refractivity contribution in [2.24, 2.45) is 0 Å². The number of nitrogens with one attached hydrogen (secondary N) is 1. The summed E-state index contributed by atoms with van der Waals surface area (Å²) in [5.74, 6) is 0. The van der Waals surface area contributed by atoms with Gasteiger partial charge in [0.2, 0.25) is 10.0 Å². The van der Waals surface area contributed by atoms with Crippen LogP contribution in [-0.4, -0.2) is 17.7 Å². The molecule has 0 saturated carbocycles. The number of fused-ring (bicyclic) bond motifs is 3. The van der Waals surface area contributed by atoms with Crippen LogP contribution in [0.1, 0.15) is 28.4 Å². The van der Waals surface area contributed by atoms with E-state index in [-0.39, 0.29) is 12.6 Å². The van der Waals surface area contributed by atoms with E-state index >= 15 is 0 Å². The summed E-state index contributed by atoms with van der Waals surface area (Å²) >= 11 is 6.25. The molecule has 2 heterocycles. The van der Waals surface area contributed by atoms with Gasteiger partial charge in [-0.05, 0) is 54.8 Å². The lowest BCUT2D eigenvalue weighted by molar-refractivity contribution is 0.294. The second-order valence-corrected chi connectivity index (χ2v) is 10.1. The van der Waals surface area contributed by atoms with Crippen molar-refractivity contribution in [2.45, 2.75) is 30.8 Å². The number of sulfonamides is 1. The third-order valence-corrected chi connectivity index (χ3v) is 7.93. The lowest BCUT2D eigenvalue weighted by atomic mass is 9.93. The average Bonchev–Trinajstić information content (AvgIpc) is 3.11. The molecule has 4 aromatic rings. The van der Waals surface area contributed by atoms with Gasteiger partial charge in [-0.3, -0.25) is 0 Å². The summed E-state index contributed by atoms with van der Waals surface area (Å²) in [5.41, 5.74) is 5.05. The summed E-state index contributed by atoms with van der Waals surface area (Å²) in [6, 6.07) is 22.4. The Bertz CT molecular complexity index is 1330. The minimum absolute atomic E-state index is 0.289. The van der Waals surface area contributed by atoms with E-state index in [0.717, 1.165) is 33.3 Å². The van der Waals surface area contributed by atoms with Gasteiger partial charge in [0.15, 0.2) is 0 Å². The van der Waals surface area contributed by atoms with Crippen LogP contribution in [-0.2, 0) is 23.0 Å². The smallest absolute Gasteiger partial charge is 0.243 e. The molecule has 0 aliphatic carbocycles. The Labute approximate surface area is 181 Å². The Morgan fingerprint density at radius 2 is 1.73 bits per heavy atom. The van der Waals surface area contributed by atoms with E-state index < -0.39 is 10.0 Å². The molecule has 30 heavy (non-hydrogen) atoms. The summed E-state index contributed by atoms with van der Waals surface area (Å²) in [6.07, 6.45) is 0.588. The fourth-order valence-electron chi connectivity index (χ4n) is 4.26. The molecule has 0 spiro atoms. The Morgan fingerprint density at radius 3 is 2.47 bits per heavy atom. The van der Waals surface area contributed by atoms with Crippen molar-refractivity contribution in [3.63, 3.8) is 0 Å². The second kappa shape index (κ2) is 7.27. The zero-order valence-corrected chi connectivity index (χ0v) is 18.0. The zero-order chi connectivity index (χ0) is 20.9. The third-order valence-electron chi connectivity index (χ3n) is 5.83. The van der Waals surface area contributed by atoms with Crippen molar-refractivity contribution in [3.05, 3.63) is 100 Å². The maximum atomic E-state index is 13.7. The van der Waals surface area contributed by atoms with Crippen LogP contribution in [0.25, 0.3) is 10.9 Å². The highest BCUT2D eigenvalue weighted by Gasteiger charge is 2.38. The van der Waals surface area contributed by atoms with Gasteiger partial charge in [0.25, 0.3) is 0 Å². The van der Waals surface area contributed by atoms with Gasteiger partial charge >= 0.3 is 0 Å². The van der Waals surface area contributed by atoms with E-state index in [9.17, 15) is 8.42 Å². The number of H-pyrrole nitrogens is 1. The number of hydrogen-bond donors (Lipinski definition) is 1. The summed E-state index contributed by atoms with van der Waals surface area (Å²) in [5, 5.41) is 1.74. The first-order chi connectivity index (χ1) is 14.4. The maximum absolute atomic E-state index is 13.7. The molecule has 0 amide bonds. The zero-order valence-electron chi connectivity index (χ0n) is 16.5. The van der Waals surface area contributed by atoms with Crippen LogP contribution in [0.3, 0.4) is 0 Å². The SMILES string of the molecule is Cc1ccc(S(=O)(=O)N2Cc3[nH]c4ccc(Cl)cc4c3CC2c2ccccc2)cc1. The molecule has 3 aromatic carbocycles. The first-order valence-electron chi connectivity index (χ1n) is 9.86. The summed E-state index contributed by atoms with van der Waals surface area (Å²) in [6.45, 7) is 2.24. The Balaban J connectivity index is 1.67. The minimum atomic E-state index is -3.68. The molecule has 0 fully saturated rings. The van der Waals surface area contributed by atoms with Crippen molar-refractivity contribution >= 4 is 32.5 Å². The standard InChI is InChI=1S/C24H21ClN2O2S/c1-16-7-10-19(11-8-16)30(28,29)27-15-23-21(14-24(27)17-5-3-2-4-6-17)20-13-18(25)9-12-22(20)26-23/h2-13,24,26H,14-15H2,1H3. The molecule has 0 bridgehead atoms. The largest absolute Gasteiger partial charge is 0.357 e. The van der Waals surface area contributed by atoms with Crippen LogP contribution < -0.4 is 0 Å². The monoisotopic (exact) mass is 436 g/mol. The Morgan fingerprint density at radius 1 is 1.00 bits per heavy atom. The van der Waals surface area contributed by atoms with Crippen LogP contribution in [0.2, 0.25) is 5.02 Å². The predicted octanol–water partition coefficient (Wildman–Crippen LogP) is 5.62. The molecule has 1 aliphatic rings. The summed E-state index contributed by atoms with van der Waals surface area (Å²) < 4.78 is 28.9. The van der Waals surface area contributed by atoms with E-state index in [1.807, 2.05) is 67.6 Å². The number of hydrogen-bond acceptors (Lipinski definition) is 2. The molecule has 0 radical (unpaired) electrons. The number of aromatic amines is 1.